The first-order valence-electron chi connectivity index (χ1n) is 10.4. The van der Waals surface area contributed by atoms with Gasteiger partial charge in [-0.05, 0) is 60.2 Å². The highest BCUT2D eigenvalue weighted by Crippen LogP contribution is 2.36. The summed E-state index contributed by atoms with van der Waals surface area (Å²) in [4.78, 5) is 19.6. The van der Waals surface area contributed by atoms with Gasteiger partial charge in [0.1, 0.15) is 11.6 Å². The average molecular weight is 533 g/mol. The van der Waals surface area contributed by atoms with Crippen molar-refractivity contribution in [3.63, 3.8) is 0 Å². The van der Waals surface area contributed by atoms with Gasteiger partial charge in [-0.2, -0.15) is 13.2 Å². The fraction of sp³-hybridized carbons (Fsp3) is 0.0769. The Kier molecular flexibility index (Phi) is 7.10. The first kappa shape index (κ1) is 25.3. The summed E-state index contributed by atoms with van der Waals surface area (Å²) in [6, 6.07) is 16.1. The van der Waals surface area contributed by atoms with Gasteiger partial charge in [-0.3, -0.25) is 0 Å². The molecule has 0 amide bonds. The van der Waals surface area contributed by atoms with E-state index in [9.17, 15) is 23.1 Å². The van der Waals surface area contributed by atoms with Crippen molar-refractivity contribution < 1.29 is 27.8 Å². The van der Waals surface area contributed by atoms with Crippen LogP contribution in [-0.4, -0.2) is 28.2 Å². The van der Waals surface area contributed by atoms with Crippen LogP contribution in [0.2, 0.25) is 10.0 Å². The van der Waals surface area contributed by atoms with Crippen LogP contribution in [0, 0.1) is 0 Å². The van der Waals surface area contributed by atoms with E-state index in [2.05, 4.69) is 9.97 Å². The maximum Gasteiger partial charge on any atom is 0.416 e. The molecule has 10 heteroatoms. The van der Waals surface area contributed by atoms with Gasteiger partial charge in [-0.15, -0.1) is 0 Å². The molecule has 0 aliphatic heterocycles. The molecule has 4 aromatic rings. The maximum absolute atomic E-state index is 13.2. The van der Waals surface area contributed by atoms with Crippen LogP contribution in [0.1, 0.15) is 17.0 Å². The average Bonchev–Trinajstić information content (AvgIpc) is 3.27. The van der Waals surface area contributed by atoms with E-state index in [0.717, 1.165) is 18.2 Å². The number of hydrogen-bond acceptors (Lipinski definition) is 3. The van der Waals surface area contributed by atoms with Gasteiger partial charge >= 0.3 is 12.1 Å². The van der Waals surface area contributed by atoms with Gasteiger partial charge in [0.25, 0.3) is 0 Å². The number of nitrogens with zero attached hydrogens (tertiary/aromatic N) is 1. The van der Waals surface area contributed by atoms with E-state index >= 15 is 0 Å². The van der Waals surface area contributed by atoms with Crippen molar-refractivity contribution in [2.75, 3.05) is 7.11 Å². The molecular weight excluding hydrogens is 516 g/mol. The Morgan fingerprint density at radius 1 is 1.00 bits per heavy atom. The Morgan fingerprint density at radius 3 is 2.31 bits per heavy atom. The zero-order chi connectivity index (χ0) is 26.0. The van der Waals surface area contributed by atoms with Gasteiger partial charge in [0.05, 0.1) is 39.7 Å². The number of H-pyrrole nitrogens is 1. The van der Waals surface area contributed by atoms with Crippen molar-refractivity contribution in [3.05, 3.63) is 93.7 Å². The number of carboxylic acid groups (broad SMARTS) is 1. The molecular formula is C26H17Cl2F3N2O3. The van der Waals surface area contributed by atoms with Crippen LogP contribution in [0.3, 0.4) is 0 Å². The van der Waals surface area contributed by atoms with Crippen molar-refractivity contribution in [3.8, 4) is 28.3 Å². The molecule has 5 nitrogen and oxygen atoms in total. The van der Waals surface area contributed by atoms with E-state index in [4.69, 9.17) is 27.9 Å². The van der Waals surface area contributed by atoms with Gasteiger partial charge in [-0.25, -0.2) is 9.78 Å². The number of aromatic nitrogens is 2. The number of nitrogens with one attached hydrogen (secondary N) is 1. The smallest absolute Gasteiger partial charge is 0.416 e. The molecule has 0 bridgehead atoms. The Bertz CT molecular complexity index is 1460. The molecule has 1 heterocycles. The molecule has 184 valence electrons. The number of rotatable bonds is 6. The van der Waals surface area contributed by atoms with E-state index in [-0.39, 0.29) is 17.0 Å². The monoisotopic (exact) mass is 532 g/mol. The van der Waals surface area contributed by atoms with E-state index in [1.54, 1.807) is 42.5 Å². The van der Waals surface area contributed by atoms with Crippen LogP contribution in [-0.2, 0) is 11.0 Å². The van der Waals surface area contributed by atoms with Gasteiger partial charge in [0.15, 0.2) is 0 Å². The quantitative estimate of drug-likeness (QED) is 0.249. The normalized spacial score (nSPS) is 12.0. The molecule has 2 N–H and O–H groups in total. The number of ether oxygens (including phenoxy) is 1. The fourth-order valence-corrected chi connectivity index (χ4v) is 3.85. The minimum atomic E-state index is -4.62. The lowest BCUT2D eigenvalue weighted by atomic mass is 10.0. The molecule has 3 aromatic carbocycles. The van der Waals surface area contributed by atoms with Crippen molar-refractivity contribution in [2.45, 2.75) is 6.18 Å². The number of carbonyl (C=O) groups is 1. The molecule has 0 saturated carbocycles. The third kappa shape index (κ3) is 5.40. The Balaban J connectivity index is 1.88. The second-order valence-corrected chi connectivity index (χ2v) is 8.46. The number of carboxylic acids is 1. The standard InChI is InChI=1S/C26H17Cl2F3N2O3/c1-36-18-8-5-14(6-9-18)23-24(16-7-10-20(27)21(28)12-16)33-22(32-23)13-19(25(34)35)15-3-2-4-17(11-15)26(29,30)31/h2-13H,1H3,(H,32,33)(H,34,35). The summed E-state index contributed by atoms with van der Waals surface area (Å²) in [5.41, 5.74) is 0.853. The van der Waals surface area contributed by atoms with Gasteiger partial charge in [0.2, 0.25) is 0 Å². The van der Waals surface area contributed by atoms with E-state index in [1.165, 1.54) is 19.3 Å². The van der Waals surface area contributed by atoms with E-state index in [1.807, 2.05) is 0 Å². The predicted octanol–water partition coefficient (Wildman–Crippen LogP) is 7.70. The highest BCUT2D eigenvalue weighted by atomic mass is 35.5. The third-order valence-corrected chi connectivity index (χ3v) is 6.05. The second-order valence-electron chi connectivity index (χ2n) is 7.64. The van der Waals surface area contributed by atoms with Crippen LogP contribution < -0.4 is 4.74 Å². The lowest BCUT2D eigenvalue weighted by Crippen LogP contribution is -2.07. The van der Waals surface area contributed by atoms with Crippen LogP contribution in [0.15, 0.2) is 66.7 Å². The number of methoxy groups -OCH3 is 1. The lowest BCUT2D eigenvalue weighted by Gasteiger charge is -2.09. The van der Waals surface area contributed by atoms with Crippen LogP contribution in [0.25, 0.3) is 34.2 Å². The second kappa shape index (κ2) is 10.1. The molecule has 0 spiro atoms. The molecule has 4 rings (SSSR count). The van der Waals surface area contributed by atoms with Crippen molar-refractivity contribution in [1.82, 2.24) is 9.97 Å². The Morgan fingerprint density at radius 2 is 1.69 bits per heavy atom. The third-order valence-electron chi connectivity index (χ3n) is 5.31. The van der Waals surface area contributed by atoms with Crippen molar-refractivity contribution in [1.29, 1.82) is 0 Å². The SMILES string of the molecule is COc1ccc(-c2[nH]c(C=C(C(=O)O)c3cccc(C(F)(F)F)c3)nc2-c2ccc(Cl)c(Cl)c2)cc1. The number of aliphatic carboxylic acids is 1. The highest BCUT2D eigenvalue weighted by molar-refractivity contribution is 6.42. The first-order valence-corrected chi connectivity index (χ1v) is 11.1. The molecule has 0 aliphatic rings. The minimum Gasteiger partial charge on any atom is -0.497 e. The van der Waals surface area contributed by atoms with Crippen molar-refractivity contribution >= 4 is 40.8 Å². The summed E-state index contributed by atoms with van der Waals surface area (Å²) in [7, 11) is 1.54. The molecule has 0 atom stereocenters. The summed E-state index contributed by atoms with van der Waals surface area (Å²) < 4.78 is 44.8. The Hall–Kier alpha value is -3.75. The van der Waals surface area contributed by atoms with Gasteiger partial charge < -0.3 is 14.8 Å². The zero-order valence-corrected chi connectivity index (χ0v) is 20.0. The number of benzene rings is 3. The summed E-state index contributed by atoms with van der Waals surface area (Å²) in [6.45, 7) is 0. The number of aromatic amines is 1. The lowest BCUT2D eigenvalue weighted by molar-refractivity contribution is -0.137. The molecule has 0 saturated heterocycles. The number of alkyl halides is 3. The summed E-state index contributed by atoms with van der Waals surface area (Å²) in [6.07, 6.45) is -3.43. The fourth-order valence-electron chi connectivity index (χ4n) is 3.55. The predicted molar refractivity (Wildman–Crippen MR) is 133 cm³/mol. The highest BCUT2D eigenvalue weighted by Gasteiger charge is 2.31. The largest absolute Gasteiger partial charge is 0.497 e. The summed E-state index contributed by atoms with van der Waals surface area (Å²) in [5, 5.41) is 10.4. The summed E-state index contributed by atoms with van der Waals surface area (Å²) in [5.74, 6) is -0.656. The first-order chi connectivity index (χ1) is 17.1. The van der Waals surface area contributed by atoms with E-state index in [0.29, 0.717) is 38.3 Å². The number of hydrogen-bond donors (Lipinski definition) is 2. The maximum atomic E-state index is 13.2. The minimum absolute atomic E-state index is 0.115. The molecule has 0 aliphatic carbocycles. The summed E-state index contributed by atoms with van der Waals surface area (Å²) >= 11 is 12.2. The van der Waals surface area contributed by atoms with Gasteiger partial charge in [-0.1, -0.05) is 41.4 Å². The molecule has 36 heavy (non-hydrogen) atoms. The molecule has 0 fully saturated rings. The zero-order valence-electron chi connectivity index (χ0n) is 18.5. The number of imidazole rings is 1. The Labute approximate surface area is 213 Å². The van der Waals surface area contributed by atoms with Crippen molar-refractivity contribution in [2.24, 2.45) is 0 Å². The topological polar surface area (TPSA) is 75.2 Å². The molecule has 0 radical (unpaired) electrons. The van der Waals surface area contributed by atoms with Crippen LogP contribution in [0.5, 0.6) is 5.75 Å². The van der Waals surface area contributed by atoms with Crippen LogP contribution >= 0.6 is 23.2 Å². The molecule has 0 unspecified atom stereocenters. The molecule has 1 aromatic heterocycles. The van der Waals surface area contributed by atoms with Crippen LogP contribution in [0.4, 0.5) is 13.2 Å². The van der Waals surface area contributed by atoms with Gasteiger partial charge in [0, 0.05) is 11.1 Å². The van der Waals surface area contributed by atoms with E-state index < -0.39 is 17.7 Å². The number of halogens is 5.